The van der Waals surface area contributed by atoms with Crippen LogP contribution in [0.25, 0.3) is 5.70 Å². The molecule has 234 valence electrons. The third-order valence-electron chi connectivity index (χ3n) is 6.92. The molecular weight excluding hydrogens is 555 g/mol. The molecule has 0 aromatic carbocycles. The second-order valence-electron chi connectivity index (χ2n) is 10.9. The zero-order chi connectivity index (χ0) is 32.5. The average Bonchev–Trinajstić information content (AvgIpc) is 2.93. The first kappa shape index (κ1) is 35.3. The molecule has 1 aliphatic heterocycles. The van der Waals surface area contributed by atoms with Crippen LogP contribution >= 0.6 is 0 Å². The third-order valence-corrected chi connectivity index (χ3v) is 6.92. The monoisotopic (exact) mass is 599 g/mol. The fraction of sp³-hybridized carbons (Fsp3) is 0.394. The molecule has 0 bridgehead atoms. The van der Waals surface area contributed by atoms with E-state index in [0.717, 1.165) is 11.6 Å². The van der Waals surface area contributed by atoms with Crippen molar-refractivity contribution in [2.24, 2.45) is 0 Å². The van der Waals surface area contributed by atoms with Gasteiger partial charge in [-0.3, -0.25) is 19.1 Å². The molecule has 1 aromatic rings. The van der Waals surface area contributed by atoms with Crippen LogP contribution < -0.4 is 10.9 Å². The highest BCUT2D eigenvalue weighted by molar-refractivity contribution is 5.96. The van der Waals surface area contributed by atoms with Gasteiger partial charge in [0.15, 0.2) is 0 Å². The van der Waals surface area contributed by atoms with E-state index in [4.69, 9.17) is 0 Å². The van der Waals surface area contributed by atoms with E-state index in [1.807, 2.05) is 44.1 Å². The molecule has 10 heteroatoms. The Morgan fingerprint density at radius 1 is 1.16 bits per heavy atom. The van der Waals surface area contributed by atoms with Crippen molar-refractivity contribution in [3.05, 3.63) is 106 Å². The summed E-state index contributed by atoms with van der Waals surface area (Å²) in [6, 6.07) is 3.34. The molecule has 1 aliphatic rings. The summed E-state index contributed by atoms with van der Waals surface area (Å²) in [6.07, 6.45) is 5.34. The zero-order valence-electron chi connectivity index (χ0n) is 26.3. The van der Waals surface area contributed by atoms with Crippen LogP contribution in [0.5, 0.6) is 0 Å². The van der Waals surface area contributed by atoms with Crippen molar-refractivity contribution in [1.29, 1.82) is 0 Å². The van der Waals surface area contributed by atoms with Crippen molar-refractivity contribution >= 4 is 17.3 Å². The number of nitrogens with zero attached hydrogens (tertiary/aromatic N) is 4. The standard InChI is InChI=1S/C33H44F3N5O2/c1-10-26(32(43)39(8)9)20-29(33(34,35)36)25(4)27-11-16-40(17-12-27)22-23(2)19-24(3)30(14-15-38(6)7)41-18-13-28(37-5)21-31(41)42/h10-11,13-14,18-21,37H,3-4,12,15-17,22H2,1-2,5-9H3/b23-19+,26-10+,29-20+,30-14+. The number of alkyl halides is 3. The van der Waals surface area contributed by atoms with Crippen LogP contribution in [0.4, 0.5) is 18.9 Å². The van der Waals surface area contributed by atoms with Gasteiger partial charge in [-0.25, -0.2) is 0 Å². The van der Waals surface area contributed by atoms with Crippen LogP contribution in [0.2, 0.25) is 0 Å². The fourth-order valence-electron chi connectivity index (χ4n) is 4.58. The Morgan fingerprint density at radius 2 is 1.84 bits per heavy atom. The number of hydrogen-bond acceptors (Lipinski definition) is 5. The normalized spacial score (nSPS) is 15.8. The minimum atomic E-state index is -4.66. The average molecular weight is 600 g/mol. The van der Waals surface area contributed by atoms with Gasteiger partial charge in [0.05, 0.1) is 11.3 Å². The van der Waals surface area contributed by atoms with Crippen molar-refractivity contribution in [3.8, 4) is 0 Å². The molecule has 0 atom stereocenters. The van der Waals surface area contributed by atoms with Gasteiger partial charge in [-0.15, -0.1) is 0 Å². The Labute approximate surface area is 253 Å². The molecule has 1 amide bonds. The molecular formula is C33H44F3N5O2. The van der Waals surface area contributed by atoms with Crippen LogP contribution in [0.3, 0.4) is 0 Å². The highest BCUT2D eigenvalue weighted by Crippen LogP contribution is 2.36. The van der Waals surface area contributed by atoms with Gasteiger partial charge in [0.1, 0.15) is 0 Å². The van der Waals surface area contributed by atoms with Gasteiger partial charge in [-0.05, 0) is 69.3 Å². The molecule has 0 spiro atoms. The van der Waals surface area contributed by atoms with E-state index in [9.17, 15) is 22.8 Å². The van der Waals surface area contributed by atoms with Crippen molar-refractivity contribution < 1.29 is 18.0 Å². The number of likely N-dealkylation sites (N-methyl/N-ethyl adjacent to an activating group) is 2. The Hall–Kier alpha value is -3.89. The molecule has 2 rings (SSSR count). The van der Waals surface area contributed by atoms with E-state index in [2.05, 4.69) is 23.4 Å². The largest absolute Gasteiger partial charge is 0.416 e. The van der Waals surface area contributed by atoms with Crippen molar-refractivity contribution in [3.63, 3.8) is 0 Å². The number of nitrogens with one attached hydrogen (secondary N) is 1. The van der Waals surface area contributed by atoms with Gasteiger partial charge < -0.3 is 15.1 Å². The van der Waals surface area contributed by atoms with E-state index < -0.39 is 17.7 Å². The first-order valence-electron chi connectivity index (χ1n) is 14.0. The lowest BCUT2D eigenvalue weighted by molar-refractivity contribution is -0.124. The molecule has 43 heavy (non-hydrogen) atoms. The maximum Gasteiger partial charge on any atom is 0.416 e. The summed E-state index contributed by atoms with van der Waals surface area (Å²) < 4.78 is 43.7. The molecule has 0 aliphatic carbocycles. The van der Waals surface area contributed by atoms with Gasteiger partial charge in [0.2, 0.25) is 0 Å². The number of carbonyl (C=O) groups is 1. The Balaban J connectivity index is 2.24. The minimum Gasteiger partial charge on any atom is -0.388 e. The topological polar surface area (TPSA) is 60.8 Å². The highest BCUT2D eigenvalue weighted by Gasteiger charge is 2.37. The number of allylic oxidation sites excluding steroid dienone is 6. The van der Waals surface area contributed by atoms with Crippen molar-refractivity contribution in [2.45, 2.75) is 26.4 Å². The Kier molecular flexibility index (Phi) is 12.8. The summed E-state index contributed by atoms with van der Waals surface area (Å²) in [5.41, 5.74) is 2.30. The molecule has 0 saturated heterocycles. The Bertz CT molecular complexity index is 1420. The second-order valence-corrected chi connectivity index (χ2v) is 10.9. The van der Waals surface area contributed by atoms with Gasteiger partial charge >= 0.3 is 6.18 Å². The summed E-state index contributed by atoms with van der Waals surface area (Å²) in [6.45, 7) is 13.7. The van der Waals surface area contributed by atoms with Gasteiger partial charge in [0.25, 0.3) is 11.5 Å². The zero-order valence-corrected chi connectivity index (χ0v) is 26.3. The Morgan fingerprint density at radius 3 is 2.33 bits per heavy atom. The van der Waals surface area contributed by atoms with E-state index >= 15 is 0 Å². The molecule has 0 saturated carbocycles. The number of amides is 1. The molecule has 0 unspecified atom stereocenters. The van der Waals surface area contributed by atoms with E-state index in [0.29, 0.717) is 55.1 Å². The number of pyridine rings is 1. The minimum absolute atomic E-state index is 0.0447. The molecule has 0 radical (unpaired) electrons. The maximum absolute atomic E-state index is 14.0. The van der Waals surface area contributed by atoms with E-state index in [1.165, 1.54) is 38.1 Å². The summed E-state index contributed by atoms with van der Waals surface area (Å²) in [7, 11) is 8.62. The van der Waals surface area contributed by atoms with Crippen LogP contribution in [0.15, 0.2) is 100 Å². The maximum atomic E-state index is 14.0. The van der Waals surface area contributed by atoms with Crippen LogP contribution in [-0.4, -0.2) is 92.8 Å². The van der Waals surface area contributed by atoms with Crippen molar-refractivity contribution in [1.82, 2.24) is 19.3 Å². The van der Waals surface area contributed by atoms with E-state index in [1.54, 1.807) is 23.9 Å². The number of anilines is 1. The first-order valence-corrected chi connectivity index (χ1v) is 14.0. The van der Waals surface area contributed by atoms with Crippen molar-refractivity contribution in [2.75, 3.05) is 66.7 Å². The smallest absolute Gasteiger partial charge is 0.388 e. The van der Waals surface area contributed by atoms with Crippen LogP contribution in [0, 0.1) is 0 Å². The molecule has 0 fully saturated rings. The fourth-order valence-corrected chi connectivity index (χ4v) is 4.58. The summed E-state index contributed by atoms with van der Waals surface area (Å²) >= 11 is 0. The van der Waals surface area contributed by atoms with E-state index in [-0.39, 0.29) is 16.7 Å². The lowest BCUT2D eigenvalue weighted by Crippen LogP contribution is -2.31. The number of halogens is 3. The number of carbonyl (C=O) groups excluding carboxylic acids is 1. The first-order chi connectivity index (χ1) is 20.1. The van der Waals surface area contributed by atoms with Gasteiger partial charge in [-0.1, -0.05) is 37.0 Å². The van der Waals surface area contributed by atoms with Gasteiger partial charge in [-0.2, -0.15) is 13.2 Å². The predicted molar refractivity (Wildman–Crippen MR) is 171 cm³/mol. The number of hydrogen-bond donors (Lipinski definition) is 1. The van der Waals surface area contributed by atoms with Crippen LogP contribution in [-0.2, 0) is 4.79 Å². The number of rotatable bonds is 12. The second kappa shape index (κ2) is 15.5. The lowest BCUT2D eigenvalue weighted by atomic mass is 9.92. The quantitative estimate of drug-likeness (QED) is 0.254. The molecule has 1 N–H and O–H groups in total. The molecule has 2 heterocycles. The van der Waals surface area contributed by atoms with Gasteiger partial charge in [0, 0.05) is 70.8 Å². The highest BCUT2D eigenvalue weighted by atomic mass is 19.4. The SMILES string of the molecule is C=C(/C=C(\C)CN1CC=C(C(=C)/C(=C\C(=C/C)C(=O)N(C)C)C(F)(F)F)CC1)/C(=C\CN(C)C)n1ccc(NC)cc1=O. The number of aromatic nitrogens is 1. The van der Waals surface area contributed by atoms with Crippen LogP contribution in [0.1, 0.15) is 20.3 Å². The third kappa shape index (κ3) is 10.1. The molecule has 1 aromatic heterocycles. The summed E-state index contributed by atoms with van der Waals surface area (Å²) in [4.78, 5) is 30.5. The molecule has 7 nitrogen and oxygen atoms in total. The summed E-state index contributed by atoms with van der Waals surface area (Å²) in [5.74, 6) is -0.510. The summed E-state index contributed by atoms with van der Waals surface area (Å²) in [5, 5.41) is 2.97. The predicted octanol–water partition coefficient (Wildman–Crippen LogP) is 5.51. The lowest BCUT2D eigenvalue weighted by Gasteiger charge is -2.28.